The van der Waals surface area contributed by atoms with Crippen LogP contribution in [0.1, 0.15) is 10.4 Å². The summed E-state index contributed by atoms with van der Waals surface area (Å²) in [5.74, 6) is -0.131. The molecule has 0 amide bonds. The van der Waals surface area contributed by atoms with Gasteiger partial charge < -0.3 is 5.73 Å². The zero-order valence-electron chi connectivity index (χ0n) is 8.43. The van der Waals surface area contributed by atoms with E-state index < -0.39 is 0 Å². The molecule has 4 nitrogen and oxygen atoms in total. The van der Waals surface area contributed by atoms with Gasteiger partial charge in [-0.15, -0.1) is 0 Å². The van der Waals surface area contributed by atoms with Crippen molar-refractivity contribution < 1.29 is 4.79 Å². The molecule has 82 valence electrons. The van der Waals surface area contributed by atoms with Crippen molar-refractivity contribution in [3.8, 4) is 5.69 Å². The second-order valence-corrected chi connectivity index (χ2v) is 3.97. The predicted molar refractivity (Wildman–Crippen MR) is 64.6 cm³/mol. The van der Waals surface area contributed by atoms with E-state index in [0.717, 1.165) is 5.69 Å². The molecule has 2 N–H and O–H groups in total. The zero-order chi connectivity index (χ0) is 11.5. The van der Waals surface area contributed by atoms with E-state index in [-0.39, 0.29) is 12.3 Å². The molecule has 1 aromatic carbocycles. The van der Waals surface area contributed by atoms with Crippen molar-refractivity contribution in [3.05, 3.63) is 46.7 Å². The summed E-state index contributed by atoms with van der Waals surface area (Å²) in [5.41, 5.74) is 6.71. The number of carbonyl (C=O) groups is 1. The number of hydrogen-bond acceptors (Lipinski definition) is 3. The lowest BCUT2D eigenvalue weighted by atomic mass is 10.2. The minimum absolute atomic E-state index is 0.0148. The third-order valence-electron chi connectivity index (χ3n) is 2.20. The van der Waals surface area contributed by atoms with Gasteiger partial charge in [0.15, 0.2) is 5.78 Å². The minimum atomic E-state index is -0.131. The standard InChI is InChI=1S/C11H10BrN3O/c12-11-9(10(16)6-13)7-14-15(11)8-4-2-1-3-5-8/h1-5,7H,6,13H2. The molecule has 0 radical (unpaired) electrons. The normalized spacial score (nSPS) is 10.4. The van der Waals surface area contributed by atoms with Crippen molar-refractivity contribution in [2.45, 2.75) is 0 Å². The molecule has 0 saturated carbocycles. The molecule has 0 bridgehead atoms. The van der Waals surface area contributed by atoms with Crippen molar-refractivity contribution in [3.63, 3.8) is 0 Å². The van der Waals surface area contributed by atoms with E-state index in [1.54, 1.807) is 4.68 Å². The van der Waals surface area contributed by atoms with Crippen LogP contribution in [0.4, 0.5) is 0 Å². The highest BCUT2D eigenvalue weighted by atomic mass is 79.9. The number of Topliss-reactive ketones (excluding diaryl/α,β-unsaturated/α-hetero) is 1. The highest BCUT2D eigenvalue weighted by Gasteiger charge is 2.14. The van der Waals surface area contributed by atoms with E-state index in [1.807, 2.05) is 30.3 Å². The van der Waals surface area contributed by atoms with Gasteiger partial charge in [0.1, 0.15) is 4.60 Å². The number of halogens is 1. The third kappa shape index (κ3) is 1.91. The van der Waals surface area contributed by atoms with Crippen molar-refractivity contribution in [2.75, 3.05) is 6.54 Å². The Kier molecular flexibility index (Phi) is 3.17. The van der Waals surface area contributed by atoms with Crippen molar-refractivity contribution in [1.29, 1.82) is 0 Å². The average molecular weight is 280 g/mol. The van der Waals surface area contributed by atoms with Gasteiger partial charge in [-0.05, 0) is 28.1 Å². The van der Waals surface area contributed by atoms with E-state index in [9.17, 15) is 4.79 Å². The molecular formula is C11H10BrN3O. The maximum absolute atomic E-state index is 11.5. The fourth-order valence-electron chi connectivity index (χ4n) is 1.38. The van der Waals surface area contributed by atoms with Gasteiger partial charge in [0.25, 0.3) is 0 Å². The first-order valence-corrected chi connectivity index (χ1v) is 5.55. The van der Waals surface area contributed by atoms with Gasteiger partial charge in [-0.2, -0.15) is 5.10 Å². The van der Waals surface area contributed by atoms with Gasteiger partial charge in [0, 0.05) is 0 Å². The first-order valence-electron chi connectivity index (χ1n) is 4.76. The summed E-state index contributed by atoms with van der Waals surface area (Å²) in [4.78, 5) is 11.5. The molecule has 0 saturated heterocycles. The maximum Gasteiger partial charge on any atom is 0.180 e. The molecule has 2 aromatic rings. The van der Waals surface area contributed by atoms with E-state index >= 15 is 0 Å². The summed E-state index contributed by atoms with van der Waals surface area (Å²) in [5, 5.41) is 4.15. The number of hydrogen-bond donors (Lipinski definition) is 1. The highest BCUT2D eigenvalue weighted by Crippen LogP contribution is 2.20. The topological polar surface area (TPSA) is 60.9 Å². The van der Waals surface area contributed by atoms with Gasteiger partial charge in [-0.1, -0.05) is 18.2 Å². The number of rotatable bonds is 3. The van der Waals surface area contributed by atoms with Gasteiger partial charge in [-0.3, -0.25) is 4.79 Å². The number of ketones is 1. The number of carbonyl (C=O) groups excluding carboxylic acids is 1. The first-order chi connectivity index (χ1) is 7.74. The van der Waals surface area contributed by atoms with Crippen LogP contribution in [0.5, 0.6) is 0 Å². The fraction of sp³-hybridized carbons (Fsp3) is 0.0909. The summed E-state index contributed by atoms with van der Waals surface area (Å²) in [6.45, 7) is -0.0148. The van der Waals surface area contributed by atoms with Crippen LogP contribution >= 0.6 is 15.9 Å². The van der Waals surface area contributed by atoms with Gasteiger partial charge in [0.2, 0.25) is 0 Å². The molecule has 1 aromatic heterocycles. The number of para-hydroxylation sites is 1. The van der Waals surface area contributed by atoms with Gasteiger partial charge in [-0.25, -0.2) is 4.68 Å². The summed E-state index contributed by atoms with van der Waals surface area (Å²) in [6.07, 6.45) is 1.52. The Bertz CT molecular complexity index is 507. The molecule has 1 heterocycles. The fourth-order valence-corrected chi connectivity index (χ4v) is 2.00. The molecule has 0 unspecified atom stereocenters. The smallest absolute Gasteiger partial charge is 0.180 e. The Balaban J connectivity index is 2.45. The first kappa shape index (κ1) is 11.0. The number of aromatic nitrogens is 2. The second kappa shape index (κ2) is 4.59. The van der Waals surface area contributed by atoms with Crippen LogP contribution in [-0.2, 0) is 0 Å². The molecule has 5 heteroatoms. The molecular weight excluding hydrogens is 270 g/mol. The Hall–Kier alpha value is -1.46. The predicted octanol–water partition coefficient (Wildman–Crippen LogP) is 1.78. The van der Waals surface area contributed by atoms with E-state index in [2.05, 4.69) is 21.0 Å². The molecule has 0 atom stereocenters. The lowest BCUT2D eigenvalue weighted by Gasteiger charge is -2.02. The Labute approximate surface area is 101 Å². The van der Waals surface area contributed by atoms with Crippen LogP contribution in [0.25, 0.3) is 5.69 Å². The average Bonchev–Trinajstić information content (AvgIpc) is 2.71. The van der Waals surface area contributed by atoms with E-state index in [1.165, 1.54) is 6.20 Å². The zero-order valence-corrected chi connectivity index (χ0v) is 10.0. The summed E-state index contributed by atoms with van der Waals surface area (Å²) < 4.78 is 2.29. The molecule has 0 fully saturated rings. The van der Waals surface area contributed by atoms with Crippen LogP contribution < -0.4 is 5.73 Å². The molecule has 0 aliphatic rings. The number of benzene rings is 1. The van der Waals surface area contributed by atoms with Crippen molar-refractivity contribution in [1.82, 2.24) is 9.78 Å². The third-order valence-corrected chi connectivity index (χ3v) is 2.96. The molecule has 0 aliphatic heterocycles. The summed E-state index contributed by atoms with van der Waals surface area (Å²) >= 11 is 3.35. The SMILES string of the molecule is NCC(=O)c1cnn(-c2ccccc2)c1Br. The molecule has 0 spiro atoms. The molecule has 0 aliphatic carbocycles. The summed E-state index contributed by atoms with van der Waals surface area (Å²) in [6, 6.07) is 9.57. The monoisotopic (exact) mass is 279 g/mol. The van der Waals surface area contributed by atoms with Crippen LogP contribution in [0.15, 0.2) is 41.1 Å². The highest BCUT2D eigenvalue weighted by molar-refractivity contribution is 9.10. The Morgan fingerprint density at radius 1 is 1.38 bits per heavy atom. The minimum Gasteiger partial charge on any atom is -0.324 e. The quantitative estimate of drug-likeness (QED) is 0.872. The van der Waals surface area contributed by atoms with Gasteiger partial charge >= 0.3 is 0 Å². The second-order valence-electron chi connectivity index (χ2n) is 3.22. The summed E-state index contributed by atoms with van der Waals surface area (Å²) in [7, 11) is 0. The van der Waals surface area contributed by atoms with Crippen LogP contribution in [0, 0.1) is 0 Å². The number of nitrogens with two attached hydrogens (primary N) is 1. The molecule has 2 rings (SSSR count). The Morgan fingerprint density at radius 3 is 2.69 bits per heavy atom. The van der Waals surface area contributed by atoms with Crippen molar-refractivity contribution >= 4 is 21.7 Å². The van der Waals surface area contributed by atoms with Crippen LogP contribution in [0.2, 0.25) is 0 Å². The lowest BCUT2D eigenvalue weighted by Crippen LogP contribution is -2.13. The number of nitrogens with zero attached hydrogens (tertiary/aromatic N) is 2. The largest absolute Gasteiger partial charge is 0.324 e. The van der Waals surface area contributed by atoms with Crippen molar-refractivity contribution in [2.24, 2.45) is 5.73 Å². The van der Waals surface area contributed by atoms with E-state index in [4.69, 9.17) is 5.73 Å². The van der Waals surface area contributed by atoms with E-state index in [0.29, 0.717) is 10.2 Å². The lowest BCUT2D eigenvalue weighted by molar-refractivity contribution is 0.100. The van der Waals surface area contributed by atoms with Crippen LogP contribution in [-0.4, -0.2) is 22.1 Å². The molecule has 16 heavy (non-hydrogen) atoms. The van der Waals surface area contributed by atoms with Gasteiger partial charge in [0.05, 0.1) is 24.0 Å². The maximum atomic E-state index is 11.5. The van der Waals surface area contributed by atoms with Crippen LogP contribution in [0.3, 0.4) is 0 Å². The Morgan fingerprint density at radius 2 is 2.06 bits per heavy atom.